The summed E-state index contributed by atoms with van der Waals surface area (Å²) in [5.74, 6) is -0.313. The number of nitrogens with one attached hydrogen (secondary N) is 1. The predicted octanol–water partition coefficient (Wildman–Crippen LogP) is 3.58. The fraction of sp³-hybridized carbons (Fsp3) is 0.353. The van der Waals surface area contributed by atoms with E-state index in [4.69, 9.17) is 9.52 Å². The molecule has 1 aliphatic rings. The van der Waals surface area contributed by atoms with Crippen LogP contribution in [0.3, 0.4) is 0 Å². The third-order valence-electron chi connectivity index (χ3n) is 3.93. The number of allylic oxidation sites excluding steroid dienone is 2. The Morgan fingerprint density at radius 1 is 1.33 bits per heavy atom. The van der Waals surface area contributed by atoms with E-state index in [1.54, 1.807) is 6.07 Å². The molecule has 4 heteroatoms. The van der Waals surface area contributed by atoms with Crippen LogP contribution in [0.15, 0.2) is 40.8 Å². The van der Waals surface area contributed by atoms with Gasteiger partial charge < -0.3 is 14.8 Å². The lowest BCUT2D eigenvalue weighted by Crippen LogP contribution is -2.23. The second-order valence-electron chi connectivity index (χ2n) is 5.57. The highest BCUT2D eigenvalue weighted by Gasteiger charge is 2.11. The summed E-state index contributed by atoms with van der Waals surface area (Å²) in [5, 5.41) is 13.3. The molecular weight excluding hydrogens is 266 g/mol. The van der Waals surface area contributed by atoms with Crippen molar-refractivity contribution in [2.45, 2.75) is 25.8 Å². The molecule has 0 radical (unpaired) electrons. The van der Waals surface area contributed by atoms with Crippen LogP contribution in [0.4, 0.5) is 0 Å². The maximum absolute atomic E-state index is 10.9. The average molecular weight is 285 g/mol. The number of hydrogen-bond donors (Lipinski definition) is 2. The monoisotopic (exact) mass is 285 g/mol. The van der Waals surface area contributed by atoms with Crippen molar-refractivity contribution in [1.29, 1.82) is 0 Å². The first kappa shape index (κ1) is 13.9. The number of fused-ring (bicyclic) bond motifs is 1. The van der Waals surface area contributed by atoms with Crippen molar-refractivity contribution < 1.29 is 14.3 Å². The minimum Gasteiger partial charge on any atom is -0.475 e. The van der Waals surface area contributed by atoms with Crippen molar-refractivity contribution in [3.63, 3.8) is 0 Å². The number of aromatic carboxylic acids is 1. The quantitative estimate of drug-likeness (QED) is 0.824. The Labute approximate surface area is 123 Å². The molecule has 1 heterocycles. The van der Waals surface area contributed by atoms with Crippen LogP contribution in [0.5, 0.6) is 0 Å². The molecule has 0 aliphatic heterocycles. The Kier molecular flexibility index (Phi) is 4.06. The molecule has 0 amide bonds. The summed E-state index contributed by atoms with van der Waals surface area (Å²) in [5.41, 5.74) is 1.76. The molecule has 1 aromatic heterocycles. The topological polar surface area (TPSA) is 62.5 Å². The highest BCUT2D eigenvalue weighted by molar-refractivity contribution is 5.91. The SMILES string of the molecule is O=C(O)c1cc2cc(CNCC3CC=CCC3)ccc2o1. The van der Waals surface area contributed by atoms with Crippen molar-refractivity contribution in [3.05, 3.63) is 47.7 Å². The molecule has 2 aromatic rings. The molecule has 4 nitrogen and oxygen atoms in total. The Morgan fingerprint density at radius 2 is 2.24 bits per heavy atom. The first-order valence-corrected chi connectivity index (χ1v) is 7.34. The van der Waals surface area contributed by atoms with Gasteiger partial charge in [-0.1, -0.05) is 18.2 Å². The molecule has 1 unspecified atom stereocenters. The van der Waals surface area contributed by atoms with Gasteiger partial charge in [-0.3, -0.25) is 0 Å². The zero-order valence-electron chi connectivity index (χ0n) is 11.8. The Bertz CT molecular complexity index is 672. The van der Waals surface area contributed by atoms with Crippen molar-refractivity contribution in [2.75, 3.05) is 6.54 Å². The van der Waals surface area contributed by atoms with Crippen LogP contribution in [0.25, 0.3) is 11.0 Å². The number of furan rings is 1. The van der Waals surface area contributed by atoms with Crippen LogP contribution in [0, 0.1) is 5.92 Å². The molecule has 21 heavy (non-hydrogen) atoms. The number of benzene rings is 1. The van der Waals surface area contributed by atoms with Gasteiger partial charge in [0.05, 0.1) is 0 Å². The first-order valence-electron chi connectivity index (χ1n) is 7.34. The van der Waals surface area contributed by atoms with Gasteiger partial charge in [-0.05, 0) is 55.5 Å². The van der Waals surface area contributed by atoms with Gasteiger partial charge in [0.2, 0.25) is 5.76 Å². The number of hydrogen-bond acceptors (Lipinski definition) is 3. The van der Waals surface area contributed by atoms with E-state index < -0.39 is 5.97 Å². The molecule has 0 fully saturated rings. The number of rotatable bonds is 5. The van der Waals surface area contributed by atoms with Gasteiger partial charge in [-0.15, -0.1) is 0 Å². The van der Waals surface area contributed by atoms with Crippen molar-refractivity contribution in [3.8, 4) is 0 Å². The van der Waals surface area contributed by atoms with E-state index in [2.05, 4.69) is 17.5 Å². The third-order valence-corrected chi connectivity index (χ3v) is 3.93. The summed E-state index contributed by atoms with van der Waals surface area (Å²) in [4.78, 5) is 10.9. The lowest BCUT2D eigenvalue weighted by atomic mass is 9.94. The van der Waals surface area contributed by atoms with E-state index in [-0.39, 0.29) is 5.76 Å². The molecule has 110 valence electrons. The fourth-order valence-corrected chi connectivity index (χ4v) is 2.77. The van der Waals surface area contributed by atoms with E-state index in [0.29, 0.717) is 5.58 Å². The Balaban J connectivity index is 1.61. The summed E-state index contributed by atoms with van der Waals surface area (Å²) in [6.45, 7) is 1.82. The van der Waals surface area contributed by atoms with Gasteiger partial charge in [-0.2, -0.15) is 0 Å². The zero-order chi connectivity index (χ0) is 14.7. The maximum Gasteiger partial charge on any atom is 0.371 e. The normalized spacial score (nSPS) is 18.2. The summed E-state index contributed by atoms with van der Waals surface area (Å²) in [6, 6.07) is 7.37. The second-order valence-corrected chi connectivity index (χ2v) is 5.57. The van der Waals surface area contributed by atoms with Crippen LogP contribution in [-0.2, 0) is 6.54 Å². The Hall–Kier alpha value is -2.07. The molecule has 1 atom stereocenters. The number of carboxylic acids is 1. The molecule has 0 saturated carbocycles. The van der Waals surface area contributed by atoms with Crippen LogP contribution in [0.1, 0.15) is 35.4 Å². The molecule has 3 rings (SSSR count). The third kappa shape index (κ3) is 3.34. The van der Waals surface area contributed by atoms with Crippen molar-refractivity contribution in [2.24, 2.45) is 5.92 Å². The number of carboxylic acid groups (broad SMARTS) is 1. The zero-order valence-corrected chi connectivity index (χ0v) is 11.8. The van der Waals surface area contributed by atoms with E-state index in [1.807, 2.05) is 18.2 Å². The van der Waals surface area contributed by atoms with E-state index >= 15 is 0 Å². The van der Waals surface area contributed by atoms with Gasteiger partial charge in [0, 0.05) is 11.9 Å². The summed E-state index contributed by atoms with van der Waals surface area (Å²) in [7, 11) is 0. The maximum atomic E-state index is 10.9. The minimum absolute atomic E-state index is 0.0101. The van der Waals surface area contributed by atoms with Gasteiger partial charge in [0.25, 0.3) is 0 Å². The van der Waals surface area contributed by atoms with Crippen molar-refractivity contribution in [1.82, 2.24) is 5.32 Å². The van der Waals surface area contributed by atoms with Crippen molar-refractivity contribution >= 4 is 16.9 Å². The van der Waals surface area contributed by atoms with Crippen LogP contribution >= 0.6 is 0 Å². The lowest BCUT2D eigenvalue weighted by Gasteiger charge is -2.18. The van der Waals surface area contributed by atoms with Crippen LogP contribution in [-0.4, -0.2) is 17.6 Å². The van der Waals surface area contributed by atoms with Gasteiger partial charge in [-0.25, -0.2) is 4.79 Å². The molecular formula is C17H19NO3. The molecule has 0 saturated heterocycles. The molecule has 1 aromatic carbocycles. The first-order chi connectivity index (χ1) is 10.2. The average Bonchev–Trinajstić information content (AvgIpc) is 2.92. The lowest BCUT2D eigenvalue weighted by molar-refractivity contribution is 0.0665. The fourth-order valence-electron chi connectivity index (χ4n) is 2.77. The largest absolute Gasteiger partial charge is 0.475 e. The minimum atomic E-state index is -1.03. The molecule has 0 spiro atoms. The van der Waals surface area contributed by atoms with Gasteiger partial charge in [0.1, 0.15) is 5.58 Å². The highest BCUT2D eigenvalue weighted by Crippen LogP contribution is 2.21. The summed E-state index contributed by atoms with van der Waals surface area (Å²) < 4.78 is 5.26. The molecule has 2 N–H and O–H groups in total. The van der Waals surface area contributed by atoms with Gasteiger partial charge in [0.15, 0.2) is 0 Å². The van der Waals surface area contributed by atoms with E-state index in [1.165, 1.54) is 12.8 Å². The summed E-state index contributed by atoms with van der Waals surface area (Å²) in [6.07, 6.45) is 8.12. The standard InChI is InChI=1S/C17H19NO3/c19-17(20)16-9-14-8-13(6-7-15(14)21-16)11-18-10-12-4-2-1-3-5-12/h1-2,6-9,12,18H,3-5,10-11H2,(H,19,20). The van der Waals surface area contributed by atoms with E-state index in [9.17, 15) is 4.79 Å². The van der Waals surface area contributed by atoms with E-state index in [0.717, 1.165) is 36.4 Å². The Morgan fingerprint density at radius 3 is 3.00 bits per heavy atom. The molecule has 0 bridgehead atoms. The second kappa shape index (κ2) is 6.14. The summed E-state index contributed by atoms with van der Waals surface area (Å²) >= 11 is 0. The van der Waals surface area contributed by atoms with Crippen LogP contribution < -0.4 is 5.32 Å². The van der Waals surface area contributed by atoms with Gasteiger partial charge >= 0.3 is 5.97 Å². The number of carbonyl (C=O) groups is 1. The predicted molar refractivity (Wildman–Crippen MR) is 81.4 cm³/mol. The molecule has 1 aliphatic carbocycles. The van der Waals surface area contributed by atoms with Crippen LogP contribution in [0.2, 0.25) is 0 Å². The highest BCUT2D eigenvalue weighted by atomic mass is 16.4. The smallest absolute Gasteiger partial charge is 0.371 e.